The van der Waals surface area contributed by atoms with Gasteiger partial charge < -0.3 is 19.1 Å². The topological polar surface area (TPSA) is 180 Å². The maximum Gasteiger partial charge on any atom is 0.333 e. The van der Waals surface area contributed by atoms with Crippen LogP contribution in [-0.2, 0) is 57.5 Å². The summed E-state index contributed by atoms with van der Waals surface area (Å²) in [4.78, 5) is 102. The minimum absolute atomic E-state index is 0. The molecular weight excluding hydrogens is 496 g/mol. The predicted octanol–water partition coefficient (Wildman–Crippen LogP) is 1.04. The van der Waals surface area contributed by atoms with Gasteiger partial charge >= 0.3 is 23.9 Å². The van der Waals surface area contributed by atoms with Crippen LogP contribution in [0.1, 0.15) is 84.5 Å². The van der Waals surface area contributed by atoms with Crippen LogP contribution in [0.5, 0.6) is 0 Å². The van der Waals surface area contributed by atoms with Crippen molar-refractivity contribution in [2.24, 2.45) is 0 Å². The molecule has 0 radical (unpaired) electrons. The molecule has 2 aliphatic rings. The molecule has 2 rings (SSSR count). The van der Waals surface area contributed by atoms with Gasteiger partial charge in [0, 0.05) is 51.4 Å². The van der Waals surface area contributed by atoms with Crippen LogP contribution >= 0.6 is 0 Å². The zero-order valence-electron chi connectivity index (χ0n) is 19.7. The molecule has 14 heteroatoms. The van der Waals surface area contributed by atoms with Crippen LogP contribution < -0.4 is 0 Å². The predicted molar refractivity (Wildman–Crippen MR) is 120 cm³/mol. The number of ether oxygens (including phenoxy) is 2. The van der Waals surface area contributed by atoms with E-state index in [2.05, 4.69) is 0 Å². The number of hydrogen-bond acceptors (Lipinski definition) is 12. The number of hydroxylamine groups is 4. The van der Waals surface area contributed by atoms with Crippen molar-refractivity contribution in [3.05, 3.63) is 0 Å². The fraction of sp³-hybridized carbons (Fsp3) is 0.652. The first kappa shape index (κ1) is 31.2. The zero-order valence-corrected chi connectivity index (χ0v) is 19.7. The first-order valence-corrected chi connectivity index (χ1v) is 11.6. The van der Waals surface area contributed by atoms with E-state index in [1.54, 1.807) is 0 Å². The van der Waals surface area contributed by atoms with Gasteiger partial charge in [0.25, 0.3) is 23.6 Å². The maximum atomic E-state index is 11.7. The summed E-state index contributed by atoms with van der Waals surface area (Å²) in [5.41, 5.74) is 0. The van der Waals surface area contributed by atoms with Crippen molar-refractivity contribution < 1.29 is 57.5 Å². The molecule has 0 aliphatic carbocycles. The molecule has 0 saturated carbocycles. The van der Waals surface area contributed by atoms with Gasteiger partial charge in [-0.3, -0.25) is 28.8 Å². The van der Waals surface area contributed by atoms with E-state index < -0.39 is 47.5 Å². The van der Waals surface area contributed by atoms with E-state index >= 15 is 0 Å². The molecule has 37 heavy (non-hydrogen) atoms. The number of unbranched alkanes of at least 4 members (excludes halogenated alkanes) is 2. The summed E-state index contributed by atoms with van der Waals surface area (Å²) in [5.74, 6) is -4.82. The summed E-state index contributed by atoms with van der Waals surface area (Å²) >= 11 is 0. The summed E-state index contributed by atoms with van der Waals surface area (Å²) in [5, 5.41) is 0.932. The smallest absolute Gasteiger partial charge is 0.333 e. The van der Waals surface area contributed by atoms with E-state index in [4.69, 9.17) is 19.1 Å². The summed E-state index contributed by atoms with van der Waals surface area (Å²) < 4.78 is 9.84. The van der Waals surface area contributed by atoms with Crippen molar-refractivity contribution in [2.75, 3.05) is 13.2 Å². The number of carbonyl (C=O) groups is 8. The molecule has 0 spiro atoms. The average molecular weight is 529 g/mol. The Bertz CT molecular complexity index is 796. The van der Waals surface area contributed by atoms with Crippen molar-refractivity contribution in [1.29, 1.82) is 0 Å². The summed E-state index contributed by atoms with van der Waals surface area (Å²) in [7, 11) is 0. The minimum atomic E-state index is -0.743. The largest absolute Gasteiger partial charge is 0.462 e. The van der Waals surface area contributed by atoms with Crippen LogP contribution in [0.3, 0.4) is 0 Å². The van der Waals surface area contributed by atoms with Gasteiger partial charge in [0.05, 0.1) is 0 Å². The number of hydrogen-bond donors (Lipinski definition) is 0. The lowest BCUT2D eigenvalue weighted by Gasteiger charge is -2.12. The Labute approximate surface area is 213 Å². The molecule has 0 bridgehead atoms. The summed E-state index contributed by atoms with van der Waals surface area (Å²) in [6.45, 7) is -0.286. The zero-order chi connectivity index (χ0) is 26.5. The molecule has 0 aromatic rings. The molecule has 14 nitrogen and oxygen atoms in total. The standard InChI is InChI=1S/C22H28N2O12.CH4/c25-15-9-10-16(26)23(15)35-21(31)7-3-1-5-19(29)33-13-14-34-20(30)6-2-4-8-22(32)36-24-17(27)11-12-18(24)28;/h1-14H2;1H4. The molecule has 0 aromatic carbocycles. The minimum Gasteiger partial charge on any atom is -0.462 e. The van der Waals surface area contributed by atoms with Crippen molar-refractivity contribution in [1.82, 2.24) is 10.1 Å². The van der Waals surface area contributed by atoms with E-state index in [-0.39, 0.29) is 84.8 Å². The first-order valence-electron chi connectivity index (χ1n) is 11.6. The van der Waals surface area contributed by atoms with Gasteiger partial charge in [0.1, 0.15) is 13.2 Å². The van der Waals surface area contributed by atoms with E-state index in [1.165, 1.54) is 0 Å². The van der Waals surface area contributed by atoms with Gasteiger partial charge in [-0.15, -0.1) is 10.1 Å². The van der Waals surface area contributed by atoms with Crippen LogP contribution in [0.25, 0.3) is 0 Å². The van der Waals surface area contributed by atoms with Gasteiger partial charge in [-0.2, -0.15) is 0 Å². The molecule has 0 aromatic heterocycles. The van der Waals surface area contributed by atoms with Gasteiger partial charge in [0.15, 0.2) is 0 Å². The second kappa shape index (κ2) is 16.0. The number of carbonyl (C=O) groups excluding carboxylic acids is 8. The molecule has 206 valence electrons. The Morgan fingerprint density at radius 3 is 1.08 bits per heavy atom. The highest BCUT2D eigenvalue weighted by Crippen LogP contribution is 2.14. The fourth-order valence-corrected chi connectivity index (χ4v) is 3.14. The maximum absolute atomic E-state index is 11.7. The van der Waals surface area contributed by atoms with Crippen molar-refractivity contribution in [3.8, 4) is 0 Å². The number of imide groups is 2. The monoisotopic (exact) mass is 528 g/mol. The quantitative estimate of drug-likeness (QED) is 0.168. The van der Waals surface area contributed by atoms with Gasteiger partial charge in [-0.25, -0.2) is 9.59 Å². The summed E-state index contributed by atoms with van der Waals surface area (Å²) in [6, 6.07) is 0. The molecular formula is C23H32N2O12. The van der Waals surface area contributed by atoms with Crippen molar-refractivity contribution >= 4 is 47.5 Å². The van der Waals surface area contributed by atoms with E-state index in [0.29, 0.717) is 23.0 Å². The average Bonchev–Trinajstić information content (AvgIpc) is 3.32. The second-order valence-electron chi connectivity index (χ2n) is 7.95. The molecule has 4 amide bonds. The van der Waals surface area contributed by atoms with Gasteiger partial charge in [-0.05, 0) is 25.7 Å². The van der Waals surface area contributed by atoms with Crippen LogP contribution in [-0.4, -0.2) is 70.8 Å². The molecule has 2 heterocycles. The Morgan fingerprint density at radius 1 is 0.514 bits per heavy atom. The molecule has 0 unspecified atom stereocenters. The Balaban J connectivity index is 0.00000684. The molecule has 0 atom stereocenters. The molecule has 2 saturated heterocycles. The molecule has 2 fully saturated rings. The number of amides is 4. The van der Waals surface area contributed by atoms with Crippen LogP contribution in [0.2, 0.25) is 0 Å². The SMILES string of the molecule is C.O=C(CCCCC(=O)ON1C(=O)CCC1=O)OCCOC(=O)CCCCC(=O)ON1C(=O)CCC1=O. The van der Waals surface area contributed by atoms with E-state index in [9.17, 15) is 38.4 Å². The molecule has 0 N–H and O–H groups in total. The summed E-state index contributed by atoms with van der Waals surface area (Å²) in [6.07, 6.45) is 1.15. The third kappa shape index (κ3) is 11.2. The van der Waals surface area contributed by atoms with Crippen molar-refractivity contribution in [2.45, 2.75) is 84.5 Å². The van der Waals surface area contributed by atoms with Crippen molar-refractivity contribution in [3.63, 3.8) is 0 Å². The van der Waals surface area contributed by atoms with E-state index in [0.717, 1.165) is 0 Å². The number of esters is 2. The van der Waals surface area contributed by atoms with Crippen LogP contribution in [0.15, 0.2) is 0 Å². The highest BCUT2D eigenvalue weighted by Gasteiger charge is 2.33. The second-order valence-corrected chi connectivity index (χ2v) is 7.95. The Morgan fingerprint density at radius 2 is 0.784 bits per heavy atom. The third-order valence-corrected chi connectivity index (χ3v) is 5.03. The lowest BCUT2D eigenvalue weighted by molar-refractivity contribution is -0.197. The lowest BCUT2D eigenvalue weighted by Crippen LogP contribution is -2.31. The molecule has 2 aliphatic heterocycles. The first-order chi connectivity index (χ1) is 17.2. The Hall–Kier alpha value is -3.84. The third-order valence-electron chi connectivity index (χ3n) is 5.03. The van der Waals surface area contributed by atoms with Crippen LogP contribution in [0.4, 0.5) is 0 Å². The highest BCUT2D eigenvalue weighted by atomic mass is 16.7. The van der Waals surface area contributed by atoms with Gasteiger partial charge in [0.2, 0.25) is 0 Å². The normalized spacial score (nSPS) is 14.9. The number of nitrogens with zero attached hydrogens (tertiary/aromatic N) is 2. The highest BCUT2D eigenvalue weighted by molar-refractivity contribution is 6.02. The number of rotatable bonds is 15. The Kier molecular flexibility index (Phi) is 13.5. The lowest BCUT2D eigenvalue weighted by atomic mass is 10.2. The van der Waals surface area contributed by atoms with Crippen LogP contribution in [0, 0.1) is 0 Å². The van der Waals surface area contributed by atoms with Gasteiger partial charge in [-0.1, -0.05) is 7.43 Å². The van der Waals surface area contributed by atoms with E-state index in [1.807, 2.05) is 0 Å². The fourth-order valence-electron chi connectivity index (χ4n) is 3.14.